The van der Waals surface area contributed by atoms with Crippen LogP contribution in [0.1, 0.15) is 5.56 Å². The first-order valence-electron chi connectivity index (χ1n) is 16.1. The van der Waals surface area contributed by atoms with E-state index in [0.717, 1.165) is 0 Å². The molecule has 0 fully saturated rings. The molecule has 0 radical (unpaired) electrons. The Hall–Kier alpha value is -5.42. The van der Waals surface area contributed by atoms with Gasteiger partial charge in [0.2, 0.25) is 17.6 Å². The second-order valence-corrected chi connectivity index (χ2v) is 17.3. The van der Waals surface area contributed by atoms with Crippen LogP contribution in [0.4, 0.5) is 11.4 Å². The van der Waals surface area contributed by atoms with E-state index in [4.69, 9.17) is 84.3 Å². The van der Waals surface area contributed by atoms with Gasteiger partial charge in [-0.3, -0.25) is 9.44 Å². The van der Waals surface area contributed by atoms with E-state index in [1.807, 2.05) is 6.07 Å². The molecule has 0 saturated carbocycles. The molecule has 0 aliphatic heterocycles. The molecule has 0 aliphatic carbocycles. The average Bonchev–Trinajstić information content (AvgIpc) is 3.75. The smallest absolute Gasteiger partial charge is 0.262 e. The maximum absolute atomic E-state index is 12.8. The third-order valence-electron chi connectivity index (χ3n) is 7.40. The molecule has 7 aromatic rings. The molecular weight excluding hydrogens is 931 g/mol. The first-order chi connectivity index (χ1) is 28.1. The highest BCUT2D eigenvalue weighted by molar-refractivity contribution is 7.93. The lowest BCUT2D eigenvalue weighted by atomic mass is 10.2. The van der Waals surface area contributed by atoms with Crippen molar-refractivity contribution in [2.75, 3.05) is 9.44 Å². The number of aromatic nitrogens is 6. The summed E-state index contributed by atoms with van der Waals surface area (Å²) in [5.41, 5.74) is 1.24. The van der Waals surface area contributed by atoms with Crippen molar-refractivity contribution in [1.82, 2.24) is 30.6 Å². The average molecular weight is 952 g/mol. The molecule has 0 spiro atoms. The van der Waals surface area contributed by atoms with E-state index in [9.17, 15) is 16.8 Å². The van der Waals surface area contributed by atoms with Crippen LogP contribution in [0, 0.1) is 11.3 Å². The van der Waals surface area contributed by atoms with Crippen LogP contribution in [0.2, 0.25) is 30.1 Å². The SMILES string of the molecule is N#Cc1ccc(Oc2ncc(Cl)cc2NS(=O)(=O)c2ccc(Cl)c(Cl)c2)cc1.O=S(=O)(Nc1cc(Cl)cnc1Oc1ccc(-c2nn[nH]n2)cc1)c1ccc(Cl)c(Cl)c1. The summed E-state index contributed by atoms with van der Waals surface area (Å²) in [6.07, 6.45) is 2.65. The number of halogens is 6. The Morgan fingerprint density at radius 1 is 0.593 bits per heavy atom. The normalized spacial score (nSPS) is 11.1. The molecule has 0 unspecified atom stereocenters. The fourth-order valence-corrected chi connectivity index (χ4v) is 7.82. The maximum atomic E-state index is 12.8. The molecule has 0 bridgehead atoms. The Bertz CT molecular complexity index is 2910. The van der Waals surface area contributed by atoms with Gasteiger partial charge in [0.15, 0.2) is 0 Å². The highest BCUT2D eigenvalue weighted by atomic mass is 35.5. The van der Waals surface area contributed by atoms with Crippen molar-refractivity contribution in [1.29, 1.82) is 5.26 Å². The number of rotatable bonds is 11. The van der Waals surface area contributed by atoms with E-state index in [1.54, 1.807) is 48.5 Å². The van der Waals surface area contributed by atoms with E-state index in [-0.39, 0.29) is 63.1 Å². The summed E-state index contributed by atoms with van der Waals surface area (Å²) in [5.74, 6) is 1.17. The molecule has 0 amide bonds. The number of H-pyrrole nitrogens is 1. The summed E-state index contributed by atoms with van der Waals surface area (Å²) in [6.45, 7) is 0. The molecule has 300 valence electrons. The van der Waals surface area contributed by atoms with Crippen molar-refractivity contribution in [3.05, 3.63) is 145 Å². The van der Waals surface area contributed by atoms with Crippen molar-refractivity contribution in [2.24, 2.45) is 0 Å². The standard InChI is InChI=1S/C18H11Cl3N6O3S.C18H10Cl3N3O3S/c19-11-7-16(25-31(28,29)13-5-6-14(20)15(21)8-13)18(22-9-11)30-12-3-1-10(2-4-12)17-23-26-27-24-17;19-12-7-17(24-28(25,26)14-5-6-15(20)16(21)8-14)18(23-10-12)27-13-3-1-11(9-22)2-4-13/h1-9,25H,(H,23,24,26,27);1-8,10,24H. The van der Waals surface area contributed by atoms with Crippen molar-refractivity contribution >= 4 is 101 Å². The summed E-state index contributed by atoms with van der Waals surface area (Å²) in [7, 11) is -8.03. The number of hydrogen-bond donors (Lipinski definition) is 3. The zero-order chi connectivity index (χ0) is 42.3. The Morgan fingerprint density at radius 2 is 1.05 bits per heavy atom. The molecule has 4 aromatic carbocycles. The molecule has 59 heavy (non-hydrogen) atoms. The number of pyridine rings is 2. The zero-order valence-corrected chi connectivity index (χ0v) is 35.3. The second kappa shape index (κ2) is 18.7. The number of anilines is 2. The first-order valence-corrected chi connectivity index (χ1v) is 21.3. The number of benzene rings is 4. The van der Waals surface area contributed by atoms with Gasteiger partial charge in [0, 0.05) is 18.0 Å². The molecule has 3 aromatic heterocycles. The van der Waals surface area contributed by atoms with Gasteiger partial charge < -0.3 is 9.47 Å². The van der Waals surface area contributed by atoms with Gasteiger partial charge in [-0.15, -0.1) is 10.2 Å². The predicted molar refractivity (Wildman–Crippen MR) is 224 cm³/mol. The summed E-state index contributed by atoms with van der Waals surface area (Å²) >= 11 is 35.5. The predicted octanol–water partition coefficient (Wildman–Crippen LogP) is 10.3. The summed E-state index contributed by atoms with van der Waals surface area (Å²) in [5, 5.41) is 23.6. The van der Waals surface area contributed by atoms with Crippen molar-refractivity contribution < 1.29 is 26.3 Å². The van der Waals surface area contributed by atoms with Crippen LogP contribution in [0.5, 0.6) is 23.3 Å². The van der Waals surface area contributed by atoms with Crippen LogP contribution in [-0.2, 0) is 20.0 Å². The lowest BCUT2D eigenvalue weighted by molar-refractivity contribution is 0.465. The van der Waals surface area contributed by atoms with E-state index < -0.39 is 20.0 Å². The van der Waals surface area contributed by atoms with Crippen LogP contribution in [0.3, 0.4) is 0 Å². The lowest BCUT2D eigenvalue weighted by Gasteiger charge is -2.13. The van der Waals surface area contributed by atoms with Gasteiger partial charge in [0.25, 0.3) is 20.0 Å². The van der Waals surface area contributed by atoms with E-state index in [0.29, 0.717) is 28.5 Å². The third kappa shape index (κ3) is 11.2. The highest BCUT2D eigenvalue weighted by Gasteiger charge is 2.21. The fourth-order valence-electron chi connectivity index (χ4n) is 4.63. The van der Waals surface area contributed by atoms with Crippen LogP contribution < -0.4 is 18.9 Å². The second-order valence-electron chi connectivity index (χ2n) is 11.5. The highest BCUT2D eigenvalue weighted by Crippen LogP contribution is 2.35. The van der Waals surface area contributed by atoms with Gasteiger partial charge in [-0.25, -0.2) is 26.8 Å². The minimum atomic E-state index is -4.02. The van der Waals surface area contributed by atoms with Crippen LogP contribution in [-0.4, -0.2) is 47.4 Å². The number of sulfonamides is 2. The number of hydrogen-bond acceptors (Lipinski definition) is 12. The Morgan fingerprint density at radius 3 is 1.46 bits per heavy atom. The number of tetrazole rings is 1. The monoisotopic (exact) mass is 949 g/mol. The van der Waals surface area contributed by atoms with Gasteiger partial charge in [-0.05, 0) is 102 Å². The number of nitrogens with one attached hydrogen (secondary N) is 3. The van der Waals surface area contributed by atoms with Crippen LogP contribution >= 0.6 is 69.6 Å². The minimum Gasteiger partial charge on any atom is -0.437 e. The zero-order valence-electron chi connectivity index (χ0n) is 29.1. The molecule has 0 atom stereocenters. The summed E-state index contributed by atoms with van der Waals surface area (Å²) < 4.78 is 67.1. The molecular formula is C36H21Cl6N9O6S2. The number of nitrogens with zero attached hydrogens (tertiary/aromatic N) is 6. The van der Waals surface area contributed by atoms with Gasteiger partial charge in [0.1, 0.15) is 22.9 Å². The topological polar surface area (TPSA) is 215 Å². The van der Waals surface area contributed by atoms with E-state index in [1.165, 1.54) is 60.9 Å². The summed E-state index contributed by atoms with van der Waals surface area (Å²) in [6, 6.07) is 25.6. The molecule has 0 saturated heterocycles. The van der Waals surface area contributed by atoms with E-state index in [2.05, 4.69) is 40.0 Å². The number of aromatic amines is 1. The maximum Gasteiger partial charge on any atom is 0.262 e. The summed E-state index contributed by atoms with van der Waals surface area (Å²) in [4.78, 5) is 7.94. The Kier molecular flexibility index (Phi) is 13.7. The van der Waals surface area contributed by atoms with Crippen LogP contribution in [0.15, 0.2) is 119 Å². The first kappa shape index (κ1) is 43.2. The molecule has 15 nitrogen and oxygen atoms in total. The van der Waals surface area contributed by atoms with Gasteiger partial charge >= 0.3 is 0 Å². The quantitative estimate of drug-likeness (QED) is 0.110. The molecule has 7 rings (SSSR count). The van der Waals surface area contributed by atoms with Gasteiger partial charge in [-0.1, -0.05) is 69.6 Å². The largest absolute Gasteiger partial charge is 0.437 e. The van der Waals surface area contributed by atoms with Gasteiger partial charge in [-0.2, -0.15) is 10.5 Å². The van der Waals surface area contributed by atoms with Crippen molar-refractivity contribution in [2.45, 2.75) is 9.79 Å². The fraction of sp³-hybridized carbons (Fsp3) is 0. The van der Waals surface area contributed by atoms with Crippen LogP contribution in [0.25, 0.3) is 11.4 Å². The minimum absolute atomic E-state index is 0.000321. The number of ether oxygens (including phenoxy) is 2. The number of nitriles is 1. The third-order valence-corrected chi connectivity index (χ3v) is 12.0. The van der Waals surface area contributed by atoms with E-state index >= 15 is 0 Å². The Balaban J connectivity index is 0.000000199. The van der Waals surface area contributed by atoms with Crippen molar-refractivity contribution in [3.63, 3.8) is 0 Å². The molecule has 0 aliphatic rings. The van der Waals surface area contributed by atoms with Crippen molar-refractivity contribution in [3.8, 4) is 40.7 Å². The van der Waals surface area contributed by atoms with Gasteiger partial charge in [0.05, 0.1) is 51.6 Å². The lowest BCUT2D eigenvalue weighted by Crippen LogP contribution is -2.14. The molecule has 23 heteroatoms. The Labute approximate surface area is 365 Å². The molecule has 3 N–H and O–H groups in total. The molecule has 3 heterocycles.